The summed E-state index contributed by atoms with van der Waals surface area (Å²) in [5.41, 5.74) is 6.83. The Bertz CT molecular complexity index is 1960. The highest BCUT2D eigenvalue weighted by atomic mass is 35.5. The number of benzene rings is 4. The van der Waals surface area contributed by atoms with Crippen molar-refractivity contribution in [3.05, 3.63) is 93.5 Å². The van der Waals surface area contributed by atoms with Crippen LogP contribution in [0.4, 0.5) is 22.7 Å². The van der Waals surface area contributed by atoms with Gasteiger partial charge in [0.05, 0.1) is 41.3 Å². The number of phenolic OH excluding ortho intramolecular Hbond substituents is 1. The van der Waals surface area contributed by atoms with Crippen molar-refractivity contribution in [2.24, 2.45) is 15.2 Å². The zero-order chi connectivity index (χ0) is 35.4. The number of phenols is 1. The number of carbonyl (C=O) groups excluding carboxylic acids is 2. The normalized spacial score (nSPS) is 15.8. The SMILES string of the molecule is COc1ccc(N=NC2C(=O)N(c3c(C)cc(C)cc3Cl)NC2=Nc2cc(NC(=O)C(C)Oc3ccc(O)c(C)c3)ccc2Cl)cc1OC. The molecule has 2 amide bonds. The van der Waals surface area contributed by atoms with Crippen LogP contribution in [0.15, 0.2) is 82.0 Å². The predicted molar refractivity (Wildman–Crippen MR) is 190 cm³/mol. The molecule has 3 N–H and O–H groups in total. The molecule has 254 valence electrons. The Morgan fingerprint density at radius 1 is 0.939 bits per heavy atom. The van der Waals surface area contributed by atoms with E-state index in [0.29, 0.717) is 44.9 Å². The number of rotatable bonds is 10. The third kappa shape index (κ3) is 7.87. The van der Waals surface area contributed by atoms with Crippen LogP contribution in [-0.2, 0) is 9.59 Å². The number of aryl methyl sites for hydroxylation is 3. The van der Waals surface area contributed by atoms with Crippen LogP contribution >= 0.6 is 23.2 Å². The van der Waals surface area contributed by atoms with Crippen LogP contribution in [0.2, 0.25) is 10.0 Å². The standard InChI is InChI=1S/C35H34Cl2N6O6/c1-18-13-20(3)32(26(37)14-18)43-35(46)31(41-40-23-8-12-29(47-5)30(17-23)48-6)33(42-43)39-27-16-22(7-10-25(27)36)38-34(45)21(4)49-24-9-11-28(44)19(2)15-24/h7-17,21,31,44H,1-6H3,(H,38,45)(H,39,42). The Hall–Kier alpha value is -5.33. The molecule has 1 fully saturated rings. The number of azo groups is 1. The summed E-state index contributed by atoms with van der Waals surface area (Å²) in [5, 5.41) is 23.2. The zero-order valence-corrected chi connectivity index (χ0v) is 29.1. The molecule has 5 rings (SSSR count). The summed E-state index contributed by atoms with van der Waals surface area (Å²) in [6.45, 7) is 7.08. The lowest BCUT2D eigenvalue weighted by atomic mass is 10.1. The molecule has 1 aliphatic rings. The fraction of sp³-hybridized carbons (Fsp3) is 0.229. The minimum absolute atomic E-state index is 0.120. The summed E-state index contributed by atoms with van der Waals surface area (Å²) in [6, 6.07) is 16.9. The number of nitrogens with one attached hydrogen (secondary N) is 2. The van der Waals surface area contributed by atoms with E-state index in [0.717, 1.165) is 11.1 Å². The fourth-order valence-electron chi connectivity index (χ4n) is 5.04. The second-order valence-corrected chi connectivity index (χ2v) is 12.0. The van der Waals surface area contributed by atoms with E-state index < -0.39 is 24.0 Å². The molecule has 4 aromatic carbocycles. The number of nitrogens with zero attached hydrogens (tertiary/aromatic N) is 4. The number of hydrogen-bond donors (Lipinski definition) is 3. The zero-order valence-electron chi connectivity index (χ0n) is 27.5. The number of carbonyl (C=O) groups is 2. The number of methoxy groups -OCH3 is 2. The molecular weight excluding hydrogens is 671 g/mol. The predicted octanol–water partition coefficient (Wildman–Crippen LogP) is 7.78. The number of ether oxygens (including phenoxy) is 3. The van der Waals surface area contributed by atoms with Gasteiger partial charge in [0.15, 0.2) is 23.4 Å². The first-order chi connectivity index (χ1) is 23.4. The molecule has 1 aliphatic heterocycles. The van der Waals surface area contributed by atoms with Gasteiger partial charge in [0.1, 0.15) is 11.5 Å². The summed E-state index contributed by atoms with van der Waals surface area (Å²) in [4.78, 5) is 31.6. The second-order valence-electron chi connectivity index (χ2n) is 11.2. The largest absolute Gasteiger partial charge is 0.508 e. The fourth-order valence-corrected chi connectivity index (χ4v) is 5.60. The molecule has 0 aromatic heterocycles. The minimum atomic E-state index is -1.21. The number of amides is 2. The number of anilines is 2. The van der Waals surface area contributed by atoms with E-state index in [1.54, 1.807) is 68.4 Å². The lowest BCUT2D eigenvalue weighted by Gasteiger charge is -2.20. The third-order valence-corrected chi connectivity index (χ3v) is 8.13. The molecule has 0 saturated carbocycles. The van der Waals surface area contributed by atoms with Crippen LogP contribution in [-0.4, -0.2) is 49.1 Å². The molecule has 49 heavy (non-hydrogen) atoms. The van der Waals surface area contributed by atoms with Gasteiger partial charge in [-0.3, -0.25) is 15.0 Å². The van der Waals surface area contributed by atoms with Crippen LogP contribution < -0.4 is 30.0 Å². The van der Waals surface area contributed by atoms with Gasteiger partial charge in [-0.2, -0.15) is 10.2 Å². The van der Waals surface area contributed by atoms with E-state index in [-0.39, 0.29) is 22.3 Å². The molecule has 2 unspecified atom stereocenters. The van der Waals surface area contributed by atoms with Gasteiger partial charge in [-0.25, -0.2) is 10.0 Å². The van der Waals surface area contributed by atoms with E-state index in [1.807, 2.05) is 19.9 Å². The Kier molecular flexibility index (Phi) is 10.6. The van der Waals surface area contributed by atoms with Crippen molar-refractivity contribution in [3.63, 3.8) is 0 Å². The minimum Gasteiger partial charge on any atom is -0.508 e. The Morgan fingerprint density at radius 2 is 1.69 bits per heavy atom. The van der Waals surface area contributed by atoms with Gasteiger partial charge in [0, 0.05) is 11.8 Å². The van der Waals surface area contributed by atoms with Crippen molar-refractivity contribution in [1.82, 2.24) is 5.43 Å². The maximum absolute atomic E-state index is 13.9. The molecule has 0 aliphatic carbocycles. The molecule has 4 aromatic rings. The van der Waals surface area contributed by atoms with Gasteiger partial charge < -0.3 is 24.6 Å². The number of halogens is 2. The molecule has 0 bridgehead atoms. The van der Waals surface area contributed by atoms with Crippen LogP contribution in [0.25, 0.3) is 0 Å². The summed E-state index contributed by atoms with van der Waals surface area (Å²) in [5.74, 6) is 0.718. The quantitative estimate of drug-likeness (QED) is 0.143. The van der Waals surface area contributed by atoms with Crippen molar-refractivity contribution >= 4 is 63.6 Å². The van der Waals surface area contributed by atoms with Crippen LogP contribution in [0.3, 0.4) is 0 Å². The highest BCUT2D eigenvalue weighted by molar-refractivity contribution is 6.35. The monoisotopic (exact) mass is 704 g/mol. The molecule has 2 atom stereocenters. The molecule has 0 radical (unpaired) electrons. The van der Waals surface area contributed by atoms with Crippen LogP contribution in [0.1, 0.15) is 23.6 Å². The molecule has 1 heterocycles. The maximum Gasteiger partial charge on any atom is 0.280 e. The first-order valence-electron chi connectivity index (χ1n) is 15.0. The van der Waals surface area contributed by atoms with E-state index >= 15 is 0 Å². The van der Waals surface area contributed by atoms with E-state index in [1.165, 1.54) is 25.3 Å². The van der Waals surface area contributed by atoms with Crippen molar-refractivity contribution in [2.45, 2.75) is 39.8 Å². The topological polar surface area (TPSA) is 146 Å². The Labute approximate surface area is 293 Å². The van der Waals surface area contributed by atoms with E-state index in [4.69, 9.17) is 37.4 Å². The molecule has 14 heteroatoms. The first-order valence-corrected chi connectivity index (χ1v) is 15.8. The lowest BCUT2D eigenvalue weighted by Crippen LogP contribution is -2.36. The molecule has 0 spiro atoms. The summed E-state index contributed by atoms with van der Waals surface area (Å²) < 4.78 is 16.4. The van der Waals surface area contributed by atoms with E-state index in [2.05, 4.69) is 26.0 Å². The molecular formula is C35H34Cl2N6O6. The molecule has 12 nitrogen and oxygen atoms in total. The summed E-state index contributed by atoms with van der Waals surface area (Å²) in [6.07, 6.45) is -0.874. The maximum atomic E-state index is 13.9. The van der Waals surface area contributed by atoms with Gasteiger partial charge >= 0.3 is 0 Å². The summed E-state index contributed by atoms with van der Waals surface area (Å²) in [7, 11) is 3.03. The third-order valence-electron chi connectivity index (χ3n) is 7.52. The number of hydrogen-bond acceptors (Lipinski definition) is 9. The average Bonchev–Trinajstić information content (AvgIpc) is 3.36. The van der Waals surface area contributed by atoms with Crippen LogP contribution in [0, 0.1) is 20.8 Å². The van der Waals surface area contributed by atoms with Crippen molar-refractivity contribution in [1.29, 1.82) is 0 Å². The van der Waals surface area contributed by atoms with Gasteiger partial charge in [0.25, 0.3) is 11.8 Å². The smallest absolute Gasteiger partial charge is 0.280 e. The average molecular weight is 706 g/mol. The van der Waals surface area contributed by atoms with Gasteiger partial charge in [0.2, 0.25) is 6.04 Å². The van der Waals surface area contributed by atoms with Crippen LogP contribution in [0.5, 0.6) is 23.0 Å². The van der Waals surface area contributed by atoms with E-state index in [9.17, 15) is 14.7 Å². The van der Waals surface area contributed by atoms with Gasteiger partial charge in [-0.1, -0.05) is 29.3 Å². The van der Waals surface area contributed by atoms with Gasteiger partial charge in [-0.05, 0) is 99.0 Å². The number of amidine groups is 1. The number of hydrazine groups is 1. The van der Waals surface area contributed by atoms with Crippen molar-refractivity contribution < 1.29 is 28.9 Å². The first kappa shape index (κ1) is 35.0. The van der Waals surface area contributed by atoms with Crippen molar-refractivity contribution in [3.8, 4) is 23.0 Å². The van der Waals surface area contributed by atoms with Gasteiger partial charge in [-0.15, -0.1) is 0 Å². The highest BCUT2D eigenvalue weighted by Crippen LogP contribution is 2.36. The lowest BCUT2D eigenvalue weighted by molar-refractivity contribution is -0.122. The Morgan fingerprint density at radius 3 is 2.39 bits per heavy atom. The summed E-state index contributed by atoms with van der Waals surface area (Å²) >= 11 is 13.2. The molecule has 1 saturated heterocycles. The van der Waals surface area contributed by atoms with Crippen molar-refractivity contribution in [2.75, 3.05) is 24.5 Å². The number of aliphatic imine (C=N–C) groups is 1. The Balaban J connectivity index is 1.46. The second kappa shape index (κ2) is 14.8. The highest BCUT2D eigenvalue weighted by Gasteiger charge is 2.40. The number of aromatic hydroxyl groups is 1.